The van der Waals surface area contributed by atoms with Gasteiger partial charge in [-0.15, -0.1) is 0 Å². The molecule has 1 aliphatic carbocycles. The summed E-state index contributed by atoms with van der Waals surface area (Å²) in [5.74, 6) is -0.607. The van der Waals surface area contributed by atoms with Crippen molar-refractivity contribution in [3.8, 4) is 0 Å². The van der Waals surface area contributed by atoms with Gasteiger partial charge in [0.1, 0.15) is 5.76 Å². The average molecular weight is 259 g/mol. The van der Waals surface area contributed by atoms with E-state index in [1.807, 2.05) is 0 Å². The van der Waals surface area contributed by atoms with E-state index < -0.39 is 0 Å². The molecule has 1 atom stereocenters. The Morgan fingerprint density at radius 3 is 2.74 bits per heavy atom. The molecule has 1 amide bonds. The number of allylic oxidation sites excluding steroid dienone is 7. The molecule has 3 N–H and O–H groups in total. The Labute approximate surface area is 112 Å². The van der Waals surface area contributed by atoms with Crippen LogP contribution in [0.1, 0.15) is 6.42 Å². The first-order valence-electron chi connectivity index (χ1n) is 5.80. The summed E-state index contributed by atoms with van der Waals surface area (Å²) in [4.78, 5) is 11.6. The van der Waals surface area contributed by atoms with Gasteiger partial charge in [0.25, 0.3) is 0 Å². The van der Waals surface area contributed by atoms with Gasteiger partial charge in [-0.25, -0.2) is 0 Å². The highest BCUT2D eigenvalue weighted by molar-refractivity contribution is 5.89. The lowest BCUT2D eigenvalue weighted by molar-refractivity contribution is -0.115. The van der Waals surface area contributed by atoms with E-state index in [0.29, 0.717) is 5.70 Å². The fraction of sp³-hybridized carbons (Fsp3) is 0.133. The van der Waals surface area contributed by atoms with Crippen molar-refractivity contribution in [3.63, 3.8) is 0 Å². The van der Waals surface area contributed by atoms with Crippen molar-refractivity contribution >= 4 is 5.91 Å². The Morgan fingerprint density at radius 1 is 1.42 bits per heavy atom. The van der Waals surface area contributed by atoms with Crippen LogP contribution in [-0.4, -0.2) is 16.1 Å². The zero-order valence-corrected chi connectivity index (χ0v) is 10.5. The van der Waals surface area contributed by atoms with Gasteiger partial charge in [0.05, 0.1) is 0 Å². The number of hydrogen-bond acceptors (Lipinski definition) is 3. The second-order valence-corrected chi connectivity index (χ2v) is 3.97. The SMILES string of the molecule is C=C/C=C(\C=C)NC(=O)/C=C/[C@H]1C=CC(O)=C(O)C1. The van der Waals surface area contributed by atoms with Gasteiger partial charge < -0.3 is 15.5 Å². The van der Waals surface area contributed by atoms with Crippen LogP contribution in [-0.2, 0) is 4.79 Å². The minimum absolute atomic E-state index is 0.0732. The Kier molecular flexibility index (Phi) is 5.41. The number of nitrogens with one attached hydrogen (secondary N) is 1. The van der Waals surface area contributed by atoms with Crippen molar-refractivity contribution in [3.05, 3.63) is 72.9 Å². The topological polar surface area (TPSA) is 69.6 Å². The molecule has 0 fully saturated rings. The lowest BCUT2D eigenvalue weighted by Crippen LogP contribution is -2.19. The third kappa shape index (κ3) is 4.71. The smallest absolute Gasteiger partial charge is 0.248 e. The summed E-state index contributed by atoms with van der Waals surface area (Å²) < 4.78 is 0. The van der Waals surface area contributed by atoms with Gasteiger partial charge in [0, 0.05) is 18.0 Å². The number of carbonyl (C=O) groups is 1. The monoisotopic (exact) mass is 259 g/mol. The van der Waals surface area contributed by atoms with Crippen LogP contribution in [0, 0.1) is 5.92 Å². The number of rotatable bonds is 5. The molecule has 0 spiro atoms. The molecule has 0 heterocycles. The molecular formula is C15H17NO3. The zero-order valence-electron chi connectivity index (χ0n) is 10.5. The molecule has 0 saturated heterocycles. The molecule has 0 saturated carbocycles. The van der Waals surface area contributed by atoms with E-state index in [1.54, 1.807) is 24.3 Å². The van der Waals surface area contributed by atoms with Crippen LogP contribution in [0.4, 0.5) is 0 Å². The number of hydrogen-bond donors (Lipinski definition) is 3. The highest BCUT2D eigenvalue weighted by atomic mass is 16.3. The molecule has 1 rings (SSSR count). The Morgan fingerprint density at radius 2 is 2.16 bits per heavy atom. The normalized spacial score (nSPS) is 19.6. The van der Waals surface area contributed by atoms with Crippen molar-refractivity contribution in [1.29, 1.82) is 0 Å². The molecule has 0 radical (unpaired) electrons. The van der Waals surface area contributed by atoms with Gasteiger partial charge in [-0.3, -0.25) is 4.79 Å². The molecular weight excluding hydrogens is 242 g/mol. The first kappa shape index (κ1) is 14.6. The van der Waals surface area contributed by atoms with Crippen LogP contribution in [0.5, 0.6) is 0 Å². The minimum Gasteiger partial charge on any atom is -0.508 e. The van der Waals surface area contributed by atoms with E-state index in [0.717, 1.165) is 0 Å². The van der Waals surface area contributed by atoms with E-state index in [9.17, 15) is 15.0 Å². The second-order valence-electron chi connectivity index (χ2n) is 3.97. The molecule has 0 aromatic rings. The van der Waals surface area contributed by atoms with E-state index in [4.69, 9.17) is 0 Å². The Balaban J connectivity index is 2.56. The summed E-state index contributed by atoms with van der Waals surface area (Å²) in [6.07, 6.45) is 11.1. The minimum atomic E-state index is -0.292. The van der Waals surface area contributed by atoms with Crippen LogP contribution < -0.4 is 5.32 Å². The van der Waals surface area contributed by atoms with Gasteiger partial charge in [-0.1, -0.05) is 31.4 Å². The molecule has 4 heteroatoms. The standard InChI is InChI=1S/C15H17NO3/c1-3-5-12(4-2)16-15(19)9-7-11-6-8-13(17)14(18)10-11/h3-9,11,17-18H,1-2,10H2,(H,16,19)/b9-7+,12-5+/t11-/m1/s1. The van der Waals surface area contributed by atoms with Gasteiger partial charge in [-0.2, -0.15) is 0 Å². The molecule has 0 unspecified atom stereocenters. The van der Waals surface area contributed by atoms with Crippen molar-refractivity contribution in [2.45, 2.75) is 6.42 Å². The van der Waals surface area contributed by atoms with Crippen LogP contribution in [0.2, 0.25) is 0 Å². The van der Waals surface area contributed by atoms with Gasteiger partial charge >= 0.3 is 0 Å². The molecule has 19 heavy (non-hydrogen) atoms. The van der Waals surface area contributed by atoms with Gasteiger partial charge in [-0.05, 0) is 24.3 Å². The van der Waals surface area contributed by atoms with Crippen molar-refractivity contribution in [1.82, 2.24) is 5.32 Å². The molecule has 0 bridgehead atoms. The molecule has 1 aliphatic rings. The Hall–Kier alpha value is -2.49. The largest absolute Gasteiger partial charge is 0.508 e. The highest BCUT2D eigenvalue weighted by Crippen LogP contribution is 2.21. The second kappa shape index (κ2) is 7.06. The van der Waals surface area contributed by atoms with E-state index >= 15 is 0 Å². The number of aliphatic hydroxyl groups is 2. The zero-order chi connectivity index (χ0) is 14.3. The van der Waals surface area contributed by atoms with Gasteiger partial charge in [0.2, 0.25) is 5.91 Å². The lowest BCUT2D eigenvalue weighted by atomic mass is 9.98. The summed E-state index contributed by atoms with van der Waals surface area (Å²) in [7, 11) is 0. The van der Waals surface area contributed by atoms with Crippen LogP contribution in [0.15, 0.2) is 72.9 Å². The maximum absolute atomic E-state index is 11.6. The fourth-order valence-electron chi connectivity index (χ4n) is 1.52. The lowest BCUT2D eigenvalue weighted by Gasteiger charge is -2.12. The van der Waals surface area contributed by atoms with Crippen LogP contribution in [0.25, 0.3) is 0 Å². The maximum Gasteiger partial charge on any atom is 0.248 e. The number of aliphatic hydroxyl groups excluding tert-OH is 2. The summed E-state index contributed by atoms with van der Waals surface area (Å²) in [6, 6.07) is 0. The third-order valence-corrected chi connectivity index (χ3v) is 2.51. The first-order valence-corrected chi connectivity index (χ1v) is 5.80. The fourth-order valence-corrected chi connectivity index (χ4v) is 1.52. The average Bonchev–Trinajstić information content (AvgIpc) is 2.39. The summed E-state index contributed by atoms with van der Waals surface area (Å²) in [5.41, 5.74) is 0.559. The quantitative estimate of drug-likeness (QED) is 0.525. The molecule has 4 nitrogen and oxygen atoms in total. The van der Waals surface area contributed by atoms with E-state index in [-0.39, 0.29) is 29.8 Å². The summed E-state index contributed by atoms with van der Waals surface area (Å²) >= 11 is 0. The maximum atomic E-state index is 11.6. The summed E-state index contributed by atoms with van der Waals surface area (Å²) in [5, 5.41) is 21.2. The number of amides is 1. The molecule has 0 aromatic carbocycles. The molecule has 0 aromatic heterocycles. The van der Waals surface area contributed by atoms with Crippen molar-refractivity contribution < 1.29 is 15.0 Å². The van der Waals surface area contributed by atoms with Crippen LogP contribution in [0.3, 0.4) is 0 Å². The number of carbonyl (C=O) groups excluding carboxylic acids is 1. The predicted octanol–water partition coefficient (Wildman–Crippen LogP) is 2.82. The van der Waals surface area contributed by atoms with Crippen molar-refractivity contribution in [2.75, 3.05) is 0 Å². The molecule has 100 valence electrons. The summed E-state index contributed by atoms with van der Waals surface area (Å²) in [6.45, 7) is 7.10. The third-order valence-electron chi connectivity index (χ3n) is 2.51. The van der Waals surface area contributed by atoms with Gasteiger partial charge in [0.15, 0.2) is 5.76 Å². The van der Waals surface area contributed by atoms with Crippen LogP contribution >= 0.6 is 0 Å². The Bertz CT molecular complexity index is 496. The van der Waals surface area contributed by atoms with E-state index in [1.165, 1.54) is 18.2 Å². The highest BCUT2D eigenvalue weighted by Gasteiger charge is 2.13. The van der Waals surface area contributed by atoms with E-state index in [2.05, 4.69) is 18.5 Å². The predicted molar refractivity (Wildman–Crippen MR) is 75.3 cm³/mol. The van der Waals surface area contributed by atoms with Crippen molar-refractivity contribution in [2.24, 2.45) is 5.92 Å². The first-order chi connectivity index (χ1) is 9.06. The molecule has 0 aliphatic heterocycles.